The van der Waals surface area contributed by atoms with Gasteiger partial charge in [0.15, 0.2) is 0 Å². The van der Waals surface area contributed by atoms with E-state index in [4.69, 9.17) is 0 Å². The molecule has 0 aliphatic heterocycles. The van der Waals surface area contributed by atoms with E-state index >= 15 is 0 Å². The van der Waals surface area contributed by atoms with Crippen molar-refractivity contribution in [3.8, 4) is 27.9 Å². The van der Waals surface area contributed by atoms with Crippen LogP contribution in [-0.2, 0) is 0 Å². The topological polar surface area (TPSA) is 17.0 Å². The Hall–Kier alpha value is -5.60. The molecule has 1 N–H and O–H groups in total. The van der Waals surface area contributed by atoms with Gasteiger partial charge in [-0.15, -0.1) is 0 Å². The fourth-order valence-electron chi connectivity index (χ4n) is 6.18. The summed E-state index contributed by atoms with van der Waals surface area (Å²) in [6, 6.07) is 58.6. The predicted octanol–water partition coefficient (Wildman–Crippen LogP) is 11.0. The van der Waals surface area contributed by atoms with E-state index in [9.17, 15) is 0 Å². The number of nitrogens with one attached hydrogen (secondary N) is 1. The normalized spacial score (nSPS) is 11.3. The molecule has 0 amide bonds. The van der Waals surface area contributed by atoms with Gasteiger partial charge in [-0.25, -0.2) is 0 Å². The summed E-state index contributed by atoms with van der Waals surface area (Å²) in [5, 5.41) is 8.64. The quantitative estimate of drug-likeness (QED) is 0.231. The van der Waals surface area contributed by atoms with E-state index in [0.717, 1.165) is 11.4 Å². The first kappa shape index (κ1) is 24.2. The number of hydrogen-bond acceptors (Lipinski definition) is 1. The van der Waals surface area contributed by atoms with Crippen molar-refractivity contribution in [3.05, 3.63) is 164 Å². The maximum Gasteiger partial charge on any atom is 0.0541 e. The van der Waals surface area contributed by atoms with Crippen LogP contribution < -0.4 is 5.32 Å². The fourth-order valence-corrected chi connectivity index (χ4v) is 6.18. The Morgan fingerprint density at radius 2 is 1.05 bits per heavy atom. The van der Waals surface area contributed by atoms with Gasteiger partial charge in [0.05, 0.1) is 16.7 Å². The molecule has 1 aromatic heterocycles. The lowest BCUT2D eigenvalue weighted by molar-refractivity contribution is 1.20. The van der Waals surface area contributed by atoms with Crippen LogP contribution >= 0.6 is 0 Å². The second-order valence-electron chi connectivity index (χ2n) is 10.7. The van der Waals surface area contributed by atoms with Crippen LogP contribution in [-0.4, -0.2) is 4.57 Å². The van der Waals surface area contributed by atoms with Crippen molar-refractivity contribution in [2.45, 2.75) is 0 Å². The first-order valence-corrected chi connectivity index (χ1v) is 14.4. The number of para-hydroxylation sites is 2. The van der Waals surface area contributed by atoms with Gasteiger partial charge in [-0.3, -0.25) is 0 Å². The third-order valence-corrected chi connectivity index (χ3v) is 8.17. The lowest BCUT2D eigenvalue weighted by atomic mass is 9.96. The standard InChI is InChI=1S/C40H28N2/c1-3-12-29(13-4-1)35-26-30(22-24-37(35)41-32-16-5-2-6-17-32)31-23-25-40-36(27-31)34-19-9-10-20-39(34)42(40)38-21-11-15-28-14-7-8-18-33(28)38/h1-27,41H. The largest absolute Gasteiger partial charge is 0.355 e. The zero-order chi connectivity index (χ0) is 27.9. The van der Waals surface area contributed by atoms with Crippen LogP contribution in [0.4, 0.5) is 11.4 Å². The zero-order valence-corrected chi connectivity index (χ0v) is 23.0. The van der Waals surface area contributed by atoms with E-state index in [0.29, 0.717) is 0 Å². The Balaban J connectivity index is 1.31. The highest BCUT2D eigenvalue weighted by atomic mass is 15.0. The highest BCUT2D eigenvalue weighted by molar-refractivity contribution is 6.11. The molecule has 8 rings (SSSR count). The lowest BCUT2D eigenvalue weighted by Crippen LogP contribution is -1.95. The van der Waals surface area contributed by atoms with Gasteiger partial charge >= 0.3 is 0 Å². The Labute approximate surface area is 245 Å². The monoisotopic (exact) mass is 536 g/mol. The number of rotatable bonds is 5. The molecule has 0 spiro atoms. The summed E-state index contributed by atoms with van der Waals surface area (Å²) in [5.74, 6) is 0. The van der Waals surface area contributed by atoms with Crippen LogP contribution in [0.5, 0.6) is 0 Å². The van der Waals surface area contributed by atoms with Crippen LogP contribution in [0.15, 0.2) is 164 Å². The lowest BCUT2D eigenvalue weighted by Gasteiger charge is -2.15. The fraction of sp³-hybridized carbons (Fsp3) is 0. The number of fused-ring (bicyclic) bond motifs is 4. The number of aromatic nitrogens is 1. The average Bonchev–Trinajstić information content (AvgIpc) is 3.39. The van der Waals surface area contributed by atoms with E-state index in [1.165, 1.54) is 60.5 Å². The summed E-state index contributed by atoms with van der Waals surface area (Å²) in [6.45, 7) is 0. The van der Waals surface area contributed by atoms with Crippen molar-refractivity contribution < 1.29 is 0 Å². The number of nitrogens with zero attached hydrogens (tertiary/aromatic N) is 1. The molecule has 0 saturated heterocycles. The third-order valence-electron chi connectivity index (χ3n) is 8.17. The van der Waals surface area contributed by atoms with Gasteiger partial charge in [0, 0.05) is 33.1 Å². The van der Waals surface area contributed by atoms with Crippen molar-refractivity contribution in [1.29, 1.82) is 0 Å². The van der Waals surface area contributed by atoms with Crippen LogP contribution in [0.3, 0.4) is 0 Å². The minimum atomic E-state index is 1.07. The molecule has 0 fully saturated rings. The molecule has 0 bridgehead atoms. The second kappa shape index (κ2) is 10.1. The molecule has 0 atom stereocenters. The van der Waals surface area contributed by atoms with E-state index < -0.39 is 0 Å². The molecule has 7 aromatic carbocycles. The first-order valence-electron chi connectivity index (χ1n) is 14.4. The van der Waals surface area contributed by atoms with Gasteiger partial charge in [-0.2, -0.15) is 0 Å². The van der Waals surface area contributed by atoms with Crippen LogP contribution in [0.2, 0.25) is 0 Å². The third kappa shape index (κ3) is 4.13. The van der Waals surface area contributed by atoms with Crippen LogP contribution in [0, 0.1) is 0 Å². The molecule has 0 aliphatic carbocycles. The molecular formula is C40H28N2. The highest BCUT2D eigenvalue weighted by Crippen LogP contribution is 2.39. The molecule has 0 saturated carbocycles. The first-order chi connectivity index (χ1) is 20.8. The Morgan fingerprint density at radius 1 is 0.405 bits per heavy atom. The summed E-state index contributed by atoms with van der Waals surface area (Å²) in [4.78, 5) is 0. The van der Waals surface area contributed by atoms with Crippen molar-refractivity contribution in [2.75, 3.05) is 5.32 Å². The zero-order valence-electron chi connectivity index (χ0n) is 23.0. The van der Waals surface area contributed by atoms with Crippen LogP contribution in [0.1, 0.15) is 0 Å². The van der Waals surface area contributed by atoms with Gasteiger partial charge in [-0.05, 0) is 70.6 Å². The van der Waals surface area contributed by atoms with Gasteiger partial charge in [0.1, 0.15) is 0 Å². The molecule has 1 heterocycles. The van der Waals surface area contributed by atoms with Gasteiger partial charge in [-0.1, -0.05) is 115 Å². The molecular weight excluding hydrogens is 508 g/mol. The van der Waals surface area contributed by atoms with E-state index in [1.54, 1.807) is 0 Å². The average molecular weight is 537 g/mol. The van der Waals surface area contributed by atoms with Crippen molar-refractivity contribution in [1.82, 2.24) is 4.57 Å². The Kier molecular flexibility index (Phi) is 5.82. The molecule has 8 aromatic rings. The number of anilines is 2. The Bertz CT molecular complexity index is 2200. The van der Waals surface area contributed by atoms with Crippen molar-refractivity contribution in [3.63, 3.8) is 0 Å². The highest BCUT2D eigenvalue weighted by Gasteiger charge is 2.15. The second-order valence-corrected chi connectivity index (χ2v) is 10.7. The van der Waals surface area contributed by atoms with Crippen LogP contribution in [0.25, 0.3) is 60.5 Å². The molecule has 2 heteroatoms. The van der Waals surface area contributed by atoms with E-state index in [-0.39, 0.29) is 0 Å². The smallest absolute Gasteiger partial charge is 0.0541 e. The molecule has 0 radical (unpaired) electrons. The molecule has 42 heavy (non-hydrogen) atoms. The van der Waals surface area contributed by atoms with E-state index in [1.807, 2.05) is 6.07 Å². The summed E-state index contributed by atoms with van der Waals surface area (Å²) in [7, 11) is 0. The molecule has 0 unspecified atom stereocenters. The molecule has 2 nitrogen and oxygen atoms in total. The van der Waals surface area contributed by atoms with Gasteiger partial charge < -0.3 is 9.88 Å². The summed E-state index contributed by atoms with van der Waals surface area (Å²) in [6.07, 6.45) is 0. The maximum atomic E-state index is 3.64. The van der Waals surface area contributed by atoms with E-state index in [2.05, 4.69) is 168 Å². The SMILES string of the molecule is c1ccc(Nc2ccc(-c3ccc4c(c3)c3ccccc3n4-c3cccc4ccccc34)cc2-c2ccccc2)cc1. The summed E-state index contributed by atoms with van der Waals surface area (Å²) >= 11 is 0. The maximum absolute atomic E-state index is 3.64. The number of hydrogen-bond donors (Lipinski definition) is 1. The molecule has 0 aliphatic rings. The van der Waals surface area contributed by atoms with Gasteiger partial charge in [0.2, 0.25) is 0 Å². The summed E-state index contributed by atoms with van der Waals surface area (Å²) in [5.41, 5.74) is 10.5. The van der Waals surface area contributed by atoms with Gasteiger partial charge in [0.25, 0.3) is 0 Å². The minimum Gasteiger partial charge on any atom is -0.355 e. The minimum absolute atomic E-state index is 1.07. The predicted molar refractivity (Wildman–Crippen MR) is 179 cm³/mol. The Morgan fingerprint density at radius 3 is 1.90 bits per heavy atom. The summed E-state index contributed by atoms with van der Waals surface area (Å²) < 4.78 is 2.42. The number of benzene rings is 7. The van der Waals surface area contributed by atoms with Crippen molar-refractivity contribution in [2.24, 2.45) is 0 Å². The van der Waals surface area contributed by atoms with Crippen molar-refractivity contribution >= 4 is 44.0 Å². The molecule has 198 valence electrons.